The monoisotopic (exact) mass is 521 g/mol. The molecule has 3 rings (SSSR count). The van der Waals surface area contributed by atoms with Crippen molar-refractivity contribution >= 4 is 35.6 Å². The second-order valence-electron chi connectivity index (χ2n) is 7.27. The van der Waals surface area contributed by atoms with Crippen LogP contribution < -0.4 is 15.5 Å². The van der Waals surface area contributed by atoms with Crippen LogP contribution in [0.2, 0.25) is 0 Å². The zero-order chi connectivity index (χ0) is 20.6. The minimum absolute atomic E-state index is 0. The third-order valence-electron chi connectivity index (χ3n) is 5.13. The van der Waals surface area contributed by atoms with E-state index in [0.29, 0.717) is 23.6 Å². The summed E-state index contributed by atoms with van der Waals surface area (Å²) in [6.07, 6.45) is 2.50. The zero-order valence-electron chi connectivity index (χ0n) is 17.5. The molecule has 2 N–H and O–H groups in total. The Labute approximate surface area is 195 Å². The maximum Gasteiger partial charge on any atom is 0.192 e. The topological polar surface area (TPSA) is 63.5 Å². The molecule has 0 amide bonds. The smallest absolute Gasteiger partial charge is 0.192 e. The number of nitriles is 1. The van der Waals surface area contributed by atoms with Crippen LogP contribution in [0.1, 0.15) is 49.4 Å². The molecule has 1 saturated heterocycles. The normalized spacial score (nSPS) is 14.6. The molecule has 1 fully saturated rings. The van der Waals surface area contributed by atoms with Crippen molar-refractivity contribution in [1.29, 1.82) is 5.26 Å². The summed E-state index contributed by atoms with van der Waals surface area (Å²) in [6, 6.07) is 15.1. The molecular formula is C23H29FIN5. The molecule has 0 bridgehead atoms. The Morgan fingerprint density at radius 3 is 2.67 bits per heavy atom. The summed E-state index contributed by atoms with van der Waals surface area (Å²) in [5, 5.41) is 15.5. The average Bonchev–Trinajstić information content (AvgIpc) is 3.28. The predicted octanol–water partition coefficient (Wildman–Crippen LogP) is 4.73. The Morgan fingerprint density at radius 2 is 2.00 bits per heavy atom. The van der Waals surface area contributed by atoms with Crippen molar-refractivity contribution in [2.24, 2.45) is 4.99 Å². The van der Waals surface area contributed by atoms with E-state index in [-0.39, 0.29) is 36.6 Å². The van der Waals surface area contributed by atoms with E-state index < -0.39 is 5.82 Å². The minimum atomic E-state index is -0.407. The Bertz CT molecular complexity index is 903. The standard InChI is InChI=1S/C23H28FN5.HI/c1-3-26-23(27-16-20-10-9-18(15-25)13-22(20)24)28-17(2)19-7-6-8-21(14-19)29-11-4-5-12-29;/h6-10,13-14,17H,3-5,11-12,16H2,1-2H3,(H2,26,27,28);1H. The van der Waals surface area contributed by atoms with Gasteiger partial charge < -0.3 is 15.5 Å². The van der Waals surface area contributed by atoms with Gasteiger partial charge in [0.2, 0.25) is 0 Å². The lowest BCUT2D eigenvalue weighted by Gasteiger charge is -2.22. The second-order valence-corrected chi connectivity index (χ2v) is 7.27. The molecular weight excluding hydrogens is 492 g/mol. The highest BCUT2D eigenvalue weighted by atomic mass is 127. The first kappa shape index (κ1) is 23.9. The highest BCUT2D eigenvalue weighted by Crippen LogP contribution is 2.24. The van der Waals surface area contributed by atoms with Crippen molar-refractivity contribution in [3.63, 3.8) is 0 Å². The molecule has 1 aliphatic rings. The van der Waals surface area contributed by atoms with Gasteiger partial charge in [0.25, 0.3) is 0 Å². The van der Waals surface area contributed by atoms with Crippen molar-refractivity contribution in [1.82, 2.24) is 10.6 Å². The number of guanidine groups is 1. The van der Waals surface area contributed by atoms with Crippen LogP contribution in [-0.4, -0.2) is 25.6 Å². The van der Waals surface area contributed by atoms with Gasteiger partial charge in [0, 0.05) is 30.9 Å². The Kier molecular flexibility index (Phi) is 9.37. The Balaban J connectivity index is 0.00000320. The average molecular weight is 521 g/mol. The molecule has 0 saturated carbocycles. The summed E-state index contributed by atoms with van der Waals surface area (Å²) >= 11 is 0. The minimum Gasteiger partial charge on any atom is -0.372 e. The zero-order valence-corrected chi connectivity index (χ0v) is 19.8. The molecule has 160 valence electrons. The van der Waals surface area contributed by atoms with Gasteiger partial charge in [-0.25, -0.2) is 9.38 Å². The molecule has 1 heterocycles. The first-order valence-corrected chi connectivity index (χ1v) is 10.2. The van der Waals surface area contributed by atoms with Gasteiger partial charge >= 0.3 is 0 Å². The Morgan fingerprint density at radius 1 is 1.23 bits per heavy atom. The number of nitrogens with zero attached hydrogens (tertiary/aromatic N) is 3. The van der Waals surface area contributed by atoms with Crippen LogP contribution >= 0.6 is 24.0 Å². The molecule has 1 aliphatic heterocycles. The SMILES string of the molecule is CCNC(=NCc1ccc(C#N)cc1F)NC(C)c1cccc(N2CCCC2)c1.I. The fourth-order valence-corrected chi connectivity index (χ4v) is 3.48. The van der Waals surface area contributed by atoms with Gasteiger partial charge in [0.05, 0.1) is 24.2 Å². The van der Waals surface area contributed by atoms with Gasteiger partial charge in [-0.3, -0.25) is 0 Å². The highest BCUT2D eigenvalue weighted by Gasteiger charge is 2.14. The number of anilines is 1. The number of hydrogen-bond acceptors (Lipinski definition) is 3. The molecule has 2 aromatic carbocycles. The van der Waals surface area contributed by atoms with E-state index >= 15 is 0 Å². The van der Waals surface area contributed by atoms with Crippen molar-refractivity contribution in [3.8, 4) is 6.07 Å². The molecule has 2 aromatic rings. The van der Waals surface area contributed by atoms with Crippen LogP contribution in [0.4, 0.5) is 10.1 Å². The lowest BCUT2D eigenvalue weighted by Crippen LogP contribution is -2.38. The van der Waals surface area contributed by atoms with Crippen LogP contribution in [0.25, 0.3) is 0 Å². The van der Waals surface area contributed by atoms with E-state index in [2.05, 4.69) is 51.7 Å². The number of benzene rings is 2. The van der Waals surface area contributed by atoms with Crippen molar-refractivity contribution in [3.05, 3.63) is 65.0 Å². The second kappa shape index (κ2) is 11.7. The van der Waals surface area contributed by atoms with Gasteiger partial charge in [-0.15, -0.1) is 24.0 Å². The van der Waals surface area contributed by atoms with Crippen LogP contribution in [-0.2, 0) is 6.54 Å². The molecule has 5 nitrogen and oxygen atoms in total. The first-order valence-electron chi connectivity index (χ1n) is 10.2. The van der Waals surface area contributed by atoms with Gasteiger partial charge in [-0.2, -0.15) is 5.26 Å². The summed E-state index contributed by atoms with van der Waals surface area (Å²) in [7, 11) is 0. The van der Waals surface area contributed by atoms with Gasteiger partial charge in [-0.1, -0.05) is 18.2 Å². The summed E-state index contributed by atoms with van der Waals surface area (Å²) in [4.78, 5) is 6.95. The number of halogens is 2. The molecule has 0 spiro atoms. The highest BCUT2D eigenvalue weighted by molar-refractivity contribution is 14.0. The predicted molar refractivity (Wildman–Crippen MR) is 131 cm³/mol. The summed E-state index contributed by atoms with van der Waals surface area (Å²) in [5.74, 6) is 0.227. The van der Waals surface area contributed by atoms with Gasteiger partial charge in [0.15, 0.2) is 5.96 Å². The molecule has 1 unspecified atom stereocenters. The van der Waals surface area contributed by atoms with E-state index in [9.17, 15) is 4.39 Å². The first-order chi connectivity index (χ1) is 14.1. The third kappa shape index (κ3) is 6.33. The van der Waals surface area contributed by atoms with Crippen LogP contribution in [0.15, 0.2) is 47.5 Å². The van der Waals surface area contributed by atoms with E-state index in [4.69, 9.17) is 5.26 Å². The van der Waals surface area contributed by atoms with E-state index in [1.165, 1.54) is 30.2 Å². The number of rotatable bonds is 6. The van der Waals surface area contributed by atoms with Crippen LogP contribution in [0.5, 0.6) is 0 Å². The molecule has 1 atom stereocenters. The largest absolute Gasteiger partial charge is 0.372 e. The lowest BCUT2D eigenvalue weighted by molar-refractivity contribution is 0.609. The van der Waals surface area contributed by atoms with E-state index in [0.717, 1.165) is 13.1 Å². The van der Waals surface area contributed by atoms with E-state index in [1.807, 2.05) is 13.0 Å². The fraction of sp³-hybridized carbons (Fsp3) is 0.391. The number of nitrogens with one attached hydrogen (secondary N) is 2. The number of aliphatic imine (C=N–C) groups is 1. The molecule has 7 heteroatoms. The van der Waals surface area contributed by atoms with Gasteiger partial charge in [0.1, 0.15) is 5.82 Å². The maximum atomic E-state index is 14.1. The van der Waals surface area contributed by atoms with Gasteiger partial charge in [-0.05, 0) is 56.5 Å². The quantitative estimate of drug-likeness (QED) is 0.328. The summed E-state index contributed by atoms with van der Waals surface area (Å²) in [6.45, 7) is 7.24. The van der Waals surface area contributed by atoms with Crippen LogP contribution in [0, 0.1) is 17.1 Å². The summed E-state index contributed by atoms with van der Waals surface area (Å²) < 4.78 is 14.1. The fourth-order valence-electron chi connectivity index (χ4n) is 3.48. The van der Waals surface area contributed by atoms with Crippen molar-refractivity contribution in [2.45, 2.75) is 39.3 Å². The molecule has 30 heavy (non-hydrogen) atoms. The molecule has 0 aliphatic carbocycles. The Hall–Kier alpha value is -2.34. The lowest BCUT2D eigenvalue weighted by atomic mass is 10.1. The summed E-state index contributed by atoms with van der Waals surface area (Å²) in [5.41, 5.74) is 3.22. The van der Waals surface area contributed by atoms with Crippen molar-refractivity contribution in [2.75, 3.05) is 24.5 Å². The molecule has 0 radical (unpaired) electrons. The number of hydrogen-bond donors (Lipinski definition) is 2. The van der Waals surface area contributed by atoms with Crippen molar-refractivity contribution < 1.29 is 4.39 Å². The third-order valence-corrected chi connectivity index (χ3v) is 5.13. The van der Waals surface area contributed by atoms with Crippen LogP contribution in [0.3, 0.4) is 0 Å². The molecule has 0 aromatic heterocycles. The maximum absolute atomic E-state index is 14.1. The van der Waals surface area contributed by atoms with E-state index in [1.54, 1.807) is 12.1 Å².